The van der Waals surface area contributed by atoms with Crippen molar-refractivity contribution in [2.75, 3.05) is 11.5 Å². The summed E-state index contributed by atoms with van der Waals surface area (Å²) in [4.78, 5) is 0. The maximum absolute atomic E-state index is 14.2. The molecule has 0 unspecified atom stereocenters. The minimum absolute atomic E-state index is 0.439. The van der Waals surface area contributed by atoms with E-state index in [1.807, 2.05) is 0 Å². The zero-order valence-corrected chi connectivity index (χ0v) is 13.0. The second-order valence-corrected chi connectivity index (χ2v) is 12.3. The minimum Gasteiger partial charge on any atom is -0.294 e. The summed E-state index contributed by atoms with van der Waals surface area (Å²) in [6.45, 7) is 3.51. The highest BCUT2D eigenvalue weighted by atomic mass is 33.1. The molecule has 0 radical (unpaired) electrons. The van der Waals surface area contributed by atoms with Gasteiger partial charge in [-0.1, -0.05) is 66.9 Å². The fourth-order valence-electron chi connectivity index (χ4n) is 1.50. The Bertz CT molecular complexity index is 402. The van der Waals surface area contributed by atoms with Crippen molar-refractivity contribution >= 4 is 28.3 Å². The first-order valence-electron chi connectivity index (χ1n) is 5.76. The average molecular weight is 310 g/mol. The lowest BCUT2D eigenvalue weighted by atomic mass is 10.2. The predicted molar refractivity (Wildman–Crippen MR) is 79.0 cm³/mol. The zero-order valence-electron chi connectivity index (χ0n) is 10.4. The first kappa shape index (κ1) is 16.1. The Morgan fingerprint density at radius 1 is 1.11 bits per heavy atom. The Balaban J connectivity index is 2.91. The SMILES string of the molecule is CCSP(=O)(SCC)C(F)(F)Cc1ccccc1. The molecule has 102 valence electrons. The quantitative estimate of drug-likeness (QED) is 0.617. The van der Waals surface area contributed by atoms with Gasteiger partial charge < -0.3 is 0 Å². The highest BCUT2D eigenvalue weighted by Gasteiger charge is 2.50. The maximum atomic E-state index is 14.2. The summed E-state index contributed by atoms with van der Waals surface area (Å²) in [5.41, 5.74) is -6.22. The van der Waals surface area contributed by atoms with E-state index in [-0.39, 0.29) is 0 Å². The molecule has 0 aromatic heterocycles. The average Bonchev–Trinajstić information content (AvgIpc) is 2.30. The number of halogens is 2. The Morgan fingerprint density at radius 3 is 2.06 bits per heavy atom. The third-order valence-electron chi connectivity index (χ3n) is 2.26. The Morgan fingerprint density at radius 2 is 1.61 bits per heavy atom. The van der Waals surface area contributed by atoms with Gasteiger partial charge in [0.1, 0.15) is 0 Å². The van der Waals surface area contributed by atoms with Crippen LogP contribution in [0, 0.1) is 0 Å². The molecule has 0 bridgehead atoms. The minimum atomic E-state index is -3.59. The van der Waals surface area contributed by atoms with E-state index in [1.165, 1.54) is 0 Å². The monoisotopic (exact) mass is 310 g/mol. The van der Waals surface area contributed by atoms with Gasteiger partial charge in [0.15, 0.2) is 0 Å². The Hall–Kier alpha value is 0.0100. The second-order valence-electron chi connectivity index (χ2n) is 3.66. The van der Waals surface area contributed by atoms with Gasteiger partial charge in [-0.3, -0.25) is 4.57 Å². The molecule has 0 aliphatic rings. The van der Waals surface area contributed by atoms with Crippen LogP contribution in [0.1, 0.15) is 19.4 Å². The molecule has 1 rings (SSSR count). The van der Waals surface area contributed by atoms with Gasteiger partial charge in [-0.2, -0.15) is 8.78 Å². The Kier molecular flexibility index (Phi) is 6.22. The molecule has 0 saturated heterocycles. The number of alkyl halides is 2. The van der Waals surface area contributed by atoms with E-state index >= 15 is 0 Å². The topological polar surface area (TPSA) is 17.1 Å². The van der Waals surface area contributed by atoms with Crippen molar-refractivity contribution in [2.45, 2.75) is 25.9 Å². The summed E-state index contributed by atoms with van der Waals surface area (Å²) in [6.07, 6.45) is -0.453. The molecule has 0 heterocycles. The van der Waals surface area contributed by atoms with Gasteiger partial charge >= 0.3 is 5.66 Å². The molecular formula is C12H17F2OPS2. The molecule has 0 spiro atoms. The third-order valence-corrected chi connectivity index (χ3v) is 11.5. The van der Waals surface area contributed by atoms with Crippen molar-refractivity contribution in [2.24, 2.45) is 0 Å². The first-order valence-corrected chi connectivity index (χ1v) is 10.6. The van der Waals surface area contributed by atoms with E-state index in [4.69, 9.17) is 0 Å². The Labute approximate surface area is 115 Å². The van der Waals surface area contributed by atoms with Gasteiger partial charge in [0.2, 0.25) is 0 Å². The van der Waals surface area contributed by atoms with Crippen molar-refractivity contribution in [1.29, 1.82) is 0 Å². The fraction of sp³-hybridized carbons (Fsp3) is 0.500. The predicted octanol–water partition coefficient (Wildman–Crippen LogP) is 5.52. The van der Waals surface area contributed by atoms with E-state index in [0.717, 1.165) is 22.8 Å². The van der Waals surface area contributed by atoms with Crippen LogP contribution in [0.4, 0.5) is 8.78 Å². The molecule has 0 aliphatic carbocycles. The van der Waals surface area contributed by atoms with E-state index < -0.39 is 17.6 Å². The van der Waals surface area contributed by atoms with Gasteiger partial charge in [-0.05, 0) is 17.1 Å². The number of hydrogen-bond acceptors (Lipinski definition) is 3. The summed E-state index contributed by atoms with van der Waals surface area (Å²) in [6, 6.07) is 8.51. The molecular weight excluding hydrogens is 293 g/mol. The van der Waals surface area contributed by atoms with E-state index in [9.17, 15) is 13.3 Å². The molecule has 6 heteroatoms. The van der Waals surface area contributed by atoms with Crippen molar-refractivity contribution in [3.8, 4) is 0 Å². The van der Waals surface area contributed by atoms with Gasteiger partial charge in [0.25, 0.3) is 5.55 Å². The summed E-state index contributed by atoms with van der Waals surface area (Å²) in [7, 11) is 0. The van der Waals surface area contributed by atoms with Crippen LogP contribution in [-0.2, 0) is 11.0 Å². The summed E-state index contributed by atoms with van der Waals surface area (Å²) in [5.74, 6) is 0.878. The summed E-state index contributed by atoms with van der Waals surface area (Å²) >= 11 is 1.80. The fourth-order valence-corrected chi connectivity index (χ4v) is 9.36. The van der Waals surface area contributed by atoms with Gasteiger partial charge in [0.05, 0.1) is 0 Å². The molecule has 0 aliphatic heterocycles. The van der Waals surface area contributed by atoms with Crippen molar-refractivity contribution in [3.63, 3.8) is 0 Å². The number of benzene rings is 1. The number of rotatable bonds is 7. The van der Waals surface area contributed by atoms with Gasteiger partial charge in [-0.25, -0.2) is 0 Å². The van der Waals surface area contributed by atoms with E-state index in [1.54, 1.807) is 44.2 Å². The third kappa shape index (κ3) is 4.01. The van der Waals surface area contributed by atoms with Crippen LogP contribution >= 0.6 is 28.3 Å². The summed E-state index contributed by atoms with van der Waals surface area (Å²) in [5, 5.41) is 0. The van der Waals surface area contributed by atoms with E-state index in [2.05, 4.69) is 0 Å². The van der Waals surface area contributed by atoms with Gasteiger partial charge in [-0.15, -0.1) is 0 Å². The van der Waals surface area contributed by atoms with Crippen LogP contribution in [0.2, 0.25) is 0 Å². The standard InChI is InChI=1S/C12H17F2OPS2/c1-3-17-16(15,18-4-2)12(13,14)10-11-8-6-5-7-9-11/h5-9H,3-4,10H2,1-2H3. The highest BCUT2D eigenvalue weighted by Crippen LogP contribution is 2.78. The highest BCUT2D eigenvalue weighted by molar-refractivity contribution is 8.90. The molecule has 1 nitrogen and oxygen atoms in total. The molecule has 18 heavy (non-hydrogen) atoms. The van der Waals surface area contributed by atoms with Crippen molar-refractivity contribution in [3.05, 3.63) is 35.9 Å². The van der Waals surface area contributed by atoms with Crippen LogP contribution in [0.5, 0.6) is 0 Å². The van der Waals surface area contributed by atoms with Crippen LogP contribution in [-0.4, -0.2) is 17.2 Å². The van der Waals surface area contributed by atoms with Crippen LogP contribution in [0.3, 0.4) is 0 Å². The maximum Gasteiger partial charge on any atom is 0.320 e. The molecule has 1 aromatic carbocycles. The largest absolute Gasteiger partial charge is 0.320 e. The normalized spacial score (nSPS) is 12.7. The van der Waals surface area contributed by atoms with Crippen LogP contribution < -0.4 is 0 Å². The zero-order chi connectivity index (χ0) is 13.6. The van der Waals surface area contributed by atoms with Crippen molar-refractivity contribution < 1.29 is 13.3 Å². The first-order chi connectivity index (χ1) is 8.45. The molecule has 0 amide bonds. The molecule has 0 N–H and O–H groups in total. The molecule has 0 fully saturated rings. The smallest absolute Gasteiger partial charge is 0.294 e. The lowest BCUT2D eigenvalue weighted by Crippen LogP contribution is -2.17. The molecule has 1 aromatic rings. The lowest BCUT2D eigenvalue weighted by Gasteiger charge is -2.25. The van der Waals surface area contributed by atoms with E-state index in [0.29, 0.717) is 17.1 Å². The van der Waals surface area contributed by atoms with Crippen LogP contribution in [0.15, 0.2) is 30.3 Å². The summed E-state index contributed by atoms with van der Waals surface area (Å²) < 4.78 is 40.9. The molecule has 0 atom stereocenters. The van der Waals surface area contributed by atoms with Crippen LogP contribution in [0.25, 0.3) is 0 Å². The second kappa shape index (κ2) is 6.97. The van der Waals surface area contributed by atoms with Gasteiger partial charge in [0, 0.05) is 6.42 Å². The number of hydrogen-bond donors (Lipinski definition) is 0. The lowest BCUT2D eigenvalue weighted by molar-refractivity contribution is 0.0962. The van der Waals surface area contributed by atoms with Crippen molar-refractivity contribution in [1.82, 2.24) is 0 Å². The molecule has 0 saturated carbocycles.